The van der Waals surface area contributed by atoms with Gasteiger partial charge in [-0.05, 0) is 53.9 Å². The minimum atomic E-state index is -4.88. The average molecular weight is 694 g/mol. The van der Waals surface area contributed by atoms with Crippen molar-refractivity contribution in [2.45, 2.75) is 9.79 Å². The number of hydrogen-bond acceptors (Lipinski definition) is 13. The van der Waals surface area contributed by atoms with Crippen molar-refractivity contribution in [2.24, 2.45) is 20.5 Å². The molecule has 0 aromatic heterocycles. The lowest BCUT2D eigenvalue weighted by Gasteiger charge is -2.12. The fourth-order valence-corrected chi connectivity index (χ4v) is 5.70. The minimum absolute atomic E-state index is 0.0127. The Labute approximate surface area is 274 Å². The van der Waals surface area contributed by atoms with Crippen molar-refractivity contribution in [3.63, 3.8) is 0 Å². The Balaban J connectivity index is 1.53. The fourth-order valence-electron chi connectivity index (χ4n) is 4.55. The van der Waals surface area contributed by atoms with E-state index < -0.39 is 41.5 Å². The zero-order valence-electron chi connectivity index (χ0n) is 25.4. The second-order valence-electron chi connectivity index (χ2n) is 9.88. The summed E-state index contributed by atoms with van der Waals surface area (Å²) in [6, 6.07) is 21.5. The molecular weight excluding hydrogens is 666 g/mol. The molecule has 0 radical (unpaired) electrons. The number of anilines is 2. The number of phenolic OH excluding ortho intramolecular Hbond substituents is 1. The molecule has 0 aliphatic carbocycles. The second-order valence-corrected chi connectivity index (χ2v) is 12.7. The van der Waals surface area contributed by atoms with Crippen LogP contribution in [0.2, 0.25) is 0 Å². The highest BCUT2D eigenvalue weighted by molar-refractivity contribution is 7.86. The number of methoxy groups -OCH3 is 3. The van der Waals surface area contributed by atoms with Gasteiger partial charge in [-0.2, -0.15) is 16.8 Å². The van der Waals surface area contributed by atoms with E-state index in [-0.39, 0.29) is 39.7 Å². The molecule has 0 aliphatic rings. The van der Waals surface area contributed by atoms with E-state index in [1.165, 1.54) is 45.6 Å². The third-order valence-corrected chi connectivity index (χ3v) is 8.56. The summed E-state index contributed by atoms with van der Waals surface area (Å²) in [5.41, 5.74) is 1.17. The Morgan fingerprint density at radius 2 is 1.19 bits per heavy atom. The number of ether oxygens (including phenoxy) is 3. The minimum Gasteiger partial charge on any atom is -0.505 e. The maximum Gasteiger partial charge on any atom is 0.296 e. The van der Waals surface area contributed by atoms with Gasteiger partial charge in [0.1, 0.15) is 44.9 Å². The molecule has 0 spiro atoms. The maximum atomic E-state index is 12.4. The number of benzene rings is 5. The van der Waals surface area contributed by atoms with E-state index in [1.54, 1.807) is 18.2 Å². The van der Waals surface area contributed by atoms with Crippen LogP contribution in [-0.2, 0) is 20.2 Å². The van der Waals surface area contributed by atoms with Crippen LogP contribution in [0.3, 0.4) is 0 Å². The first-order chi connectivity index (χ1) is 22.8. The summed E-state index contributed by atoms with van der Waals surface area (Å²) in [7, 11) is -5.41. The van der Waals surface area contributed by atoms with Crippen LogP contribution in [0.15, 0.2) is 115 Å². The van der Waals surface area contributed by atoms with Crippen molar-refractivity contribution < 1.29 is 45.3 Å². The first-order valence-electron chi connectivity index (χ1n) is 13.7. The predicted octanol–water partition coefficient (Wildman–Crippen LogP) is 7.64. The SMILES string of the molecule is COc1cc(S(=O)(=O)O)ccc1N=Nc1cc(OC)c(N=Nc2c(S(=O)(=O)O)cc3cc(Nc4ccccc4)ccc3c2O)cc1OC. The lowest BCUT2D eigenvalue weighted by atomic mass is 10.1. The van der Waals surface area contributed by atoms with Crippen LogP contribution in [0.1, 0.15) is 0 Å². The highest BCUT2D eigenvalue weighted by atomic mass is 32.2. The summed E-state index contributed by atoms with van der Waals surface area (Å²) < 4.78 is 83.1. The summed E-state index contributed by atoms with van der Waals surface area (Å²) >= 11 is 0. The van der Waals surface area contributed by atoms with Gasteiger partial charge < -0.3 is 24.6 Å². The lowest BCUT2D eigenvalue weighted by Crippen LogP contribution is -1.99. The monoisotopic (exact) mass is 693 g/mol. The zero-order valence-corrected chi connectivity index (χ0v) is 27.0. The van der Waals surface area contributed by atoms with Gasteiger partial charge in [0.15, 0.2) is 5.75 Å². The van der Waals surface area contributed by atoms with E-state index in [2.05, 4.69) is 25.8 Å². The van der Waals surface area contributed by atoms with E-state index in [1.807, 2.05) is 30.3 Å². The molecule has 0 fully saturated rings. The second kappa shape index (κ2) is 13.6. The first kappa shape index (κ1) is 33.7. The number of rotatable bonds is 11. The van der Waals surface area contributed by atoms with Gasteiger partial charge in [0.25, 0.3) is 20.2 Å². The molecule has 5 aromatic carbocycles. The van der Waals surface area contributed by atoms with Crippen LogP contribution >= 0.6 is 0 Å². The van der Waals surface area contributed by atoms with E-state index in [4.69, 9.17) is 14.2 Å². The van der Waals surface area contributed by atoms with Crippen molar-refractivity contribution in [1.29, 1.82) is 0 Å². The van der Waals surface area contributed by atoms with Gasteiger partial charge in [0, 0.05) is 35.0 Å². The van der Waals surface area contributed by atoms with Crippen molar-refractivity contribution >= 4 is 65.1 Å². The van der Waals surface area contributed by atoms with Crippen molar-refractivity contribution in [1.82, 2.24) is 0 Å². The van der Waals surface area contributed by atoms with E-state index in [0.29, 0.717) is 11.1 Å². The van der Waals surface area contributed by atoms with Crippen LogP contribution in [0.5, 0.6) is 23.0 Å². The molecule has 4 N–H and O–H groups in total. The molecule has 48 heavy (non-hydrogen) atoms. The molecular formula is C31H27N5O10S2. The summed E-state index contributed by atoms with van der Waals surface area (Å²) in [6.07, 6.45) is 0. The number of para-hydroxylation sites is 1. The van der Waals surface area contributed by atoms with Crippen LogP contribution in [0, 0.1) is 0 Å². The molecule has 0 saturated heterocycles. The number of phenols is 1. The molecule has 15 nitrogen and oxygen atoms in total. The standard InChI is InChI=1S/C31H27N5O10S2/c1-44-26-15-21(47(38,39)40)10-12-23(26)33-34-24-16-28(46-3)25(17-27(24)45-2)35-36-30-29(48(41,42)43)14-18-13-20(9-11-22(18)31(30)37)32-19-7-5-4-6-8-19/h4-17,32,37H,1-3H3,(H,38,39,40)(H,41,42,43). The molecule has 0 unspecified atom stereocenters. The molecule has 0 bridgehead atoms. The quantitative estimate of drug-likeness (QED) is 0.0778. The smallest absolute Gasteiger partial charge is 0.296 e. The third-order valence-electron chi connectivity index (χ3n) is 6.84. The van der Waals surface area contributed by atoms with Crippen LogP contribution in [-0.4, -0.2) is 52.4 Å². The lowest BCUT2D eigenvalue weighted by molar-refractivity contribution is 0.404. The van der Waals surface area contributed by atoms with Gasteiger partial charge in [0.05, 0.1) is 26.2 Å². The molecule has 5 rings (SSSR count). The van der Waals surface area contributed by atoms with Gasteiger partial charge in [-0.15, -0.1) is 20.5 Å². The summed E-state index contributed by atoms with van der Waals surface area (Å²) in [4.78, 5) is -1.08. The number of hydrogen-bond donors (Lipinski definition) is 4. The Hall–Kier alpha value is -5.62. The summed E-state index contributed by atoms with van der Waals surface area (Å²) in [5.74, 6) is -0.315. The average Bonchev–Trinajstić information content (AvgIpc) is 3.06. The third kappa shape index (κ3) is 7.34. The predicted molar refractivity (Wildman–Crippen MR) is 176 cm³/mol. The van der Waals surface area contributed by atoms with Gasteiger partial charge in [-0.25, -0.2) is 0 Å². The largest absolute Gasteiger partial charge is 0.505 e. The summed E-state index contributed by atoms with van der Waals surface area (Å²) in [5, 5.41) is 31.2. The van der Waals surface area contributed by atoms with Crippen molar-refractivity contribution in [2.75, 3.05) is 26.6 Å². The van der Waals surface area contributed by atoms with E-state index >= 15 is 0 Å². The maximum absolute atomic E-state index is 12.4. The fraction of sp³-hybridized carbons (Fsp3) is 0.0968. The van der Waals surface area contributed by atoms with Crippen molar-refractivity contribution in [3.8, 4) is 23.0 Å². The number of aromatic hydroxyl groups is 1. The molecule has 0 heterocycles. The Morgan fingerprint density at radius 3 is 1.77 bits per heavy atom. The van der Waals surface area contributed by atoms with Gasteiger partial charge in [-0.3, -0.25) is 9.11 Å². The summed E-state index contributed by atoms with van der Waals surface area (Å²) in [6.45, 7) is 0. The first-order valence-corrected chi connectivity index (χ1v) is 16.5. The van der Waals surface area contributed by atoms with Gasteiger partial charge in [-0.1, -0.05) is 18.2 Å². The van der Waals surface area contributed by atoms with Crippen LogP contribution in [0.25, 0.3) is 10.8 Å². The molecule has 248 valence electrons. The topological polar surface area (TPSA) is 218 Å². The molecule has 0 aliphatic heterocycles. The van der Waals surface area contributed by atoms with Gasteiger partial charge in [0.2, 0.25) is 0 Å². The molecule has 5 aromatic rings. The highest BCUT2D eigenvalue weighted by Gasteiger charge is 2.23. The molecule has 0 atom stereocenters. The number of azo groups is 2. The Kier molecular flexibility index (Phi) is 9.57. The Bertz CT molecular complexity index is 2300. The van der Waals surface area contributed by atoms with Gasteiger partial charge >= 0.3 is 0 Å². The number of nitrogens with zero attached hydrogens (tertiary/aromatic N) is 4. The van der Waals surface area contributed by atoms with E-state index in [0.717, 1.165) is 17.8 Å². The normalized spacial score (nSPS) is 12.1. The van der Waals surface area contributed by atoms with E-state index in [9.17, 15) is 31.0 Å². The number of nitrogens with one attached hydrogen (secondary N) is 1. The molecule has 17 heteroatoms. The number of fused-ring (bicyclic) bond motifs is 1. The van der Waals surface area contributed by atoms with Crippen molar-refractivity contribution in [3.05, 3.63) is 84.9 Å². The zero-order chi connectivity index (χ0) is 34.6. The Morgan fingerprint density at radius 1 is 0.604 bits per heavy atom. The molecule has 0 amide bonds. The van der Waals surface area contributed by atoms with Crippen LogP contribution in [0.4, 0.5) is 34.1 Å². The molecule has 0 saturated carbocycles. The van der Waals surface area contributed by atoms with Crippen LogP contribution < -0.4 is 19.5 Å². The highest BCUT2D eigenvalue weighted by Crippen LogP contribution is 2.45.